The number of hydrogen-bond acceptors (Lipinski definition) is 8. The molecule has 11 nitrogen and oxygen atoms in total. The van der Waals surface area contributed by atoms with Gasteiger partial charge in [0.15, 0.2) is 17.2 Å². The average molecular weight is 566 g/mol. The first-order valence-electron chi connectivity index (χ1n) is 14.0. The summed E-state index contributed by atoms with van der Waals surface area (Å²) in [4.78, 5) is 45.5. The molecule has 0 spiro atoms. The molecule has 4 rings (SSSR count). The summed E-state index contributed by atoms with van der Waals surface area (Å²) in [6, 6.07) is 5.45. The molecule has 2 aliphatic heterocycles. The number of nitrogens with zero attached hydrogens (tertiary/aromatic N) is 3. The second-order valence-electron chi connectivity index (χ2n) is 10.8. The van der Waals surface area contributed by atoms with E-state index in [0.29, 0.717) is 43.2 Å². The van der Waals surface area contributed by atoms with Crippen molar-refractivity contribution in [3.63, 3.8) is 0 Å². The minimum atomic E-state index is -0.778. The van der Waals surface area contributed by atoms with Crippen molar-refractivity contribution in [3.05, 3.63) is 46.3 Å². The zero-order chi connectivity index (χ0) is 29.8. The highest BCUT2D eigenvalue weighted by atomic mass is 16.5. The van der Waals surface area contributed by atoms with E-state index in [1.807, 2.05) is 32.9 Å². The number of anilines is 1. The summed E-state index contributed by atoms with van der Waals surface area (Å²) in [5.74, 6) is 0.0546. The van der Waals surface area contributed by atoms with E-state index in [2.05, 4.69) is 15.2 Å². The molecular formula is C30H39N5O6. The van der Waals surface area contributed by atoms with Gasteiger partial charge in [-0.25, -0.2) is 4.98 Å². The Kier molecular flexibility index (Phi) is 9.14. The lowest BCUT2D eigenvalue weighted by Gasteiger charge is -2.35. The molecule has 2 aliphatic rings. The Labute approximate surface area is 240 Å². The number of nitrogens with one attached hydrogen (secondary N) is 2. The highest BCUT2D eigenvalue weighted by Gasteiger charge is 2.32. The summed E-state index contributed by atoms with van der Waals surface area (Å²) >= 11 is 0. The van der Waals surface area contributed by atoms with Crippen molar-refractivity contribution in [1.82, 2.24) is 15.2 Å². The van der Waals surface area contributed by atoms with Crippen LogP contribution in [-0.4, -0.2) is 78.9 Å². The lowest BCUT2D eigenvalue weighted by atomic mass is 9.91. The number of aromatic nitrogens is 1. The number of methoxy groups -OCH3 is 1. The van der Waals surface area contributed by atoms with Gasteiger partial charge in [-0.2, -0.15) is 0 Å². The quantitative estimate of drug-likeness (QED) is 0.347. The Balaban J connectivity index is 1.59. The fourth-order valence-electron chi connectivity index (χ4n) is 5.55. The van der Waals surface area contributed by atoms with Gasteiger partial charge in [-0.1, -0.05) is 13.8 Å². The molecular weight excluding hydrogens is 526 g/mol. The number of ether oxygens (including phenoxy) is 2. The predicted molar refractivity (Wildman–Crippen MR) is 155 cm³/mol. The van der Waals surface area contributed by atoms with Gasteiger partial charge in [0.05, 0.1) is 25.9 Å². The number of rotatable bonds is 11. The number of pyridine rings is 1. The van der Waals surface area contributed by atoms with E-state index < -0.39 is 11.9 Å². The number of ketones is 1. The maximum atomic E-state index is 13.7. The summed E-state index contributed by atoms with van der Waals surface area (Å²) in [6.45, 7) is 7.91. The summed E-state index contributed by atoms with van der Waals surface area (Å²) in [5, 5.41) is 20.5. The van der Waals surface area contributed by atoms with Crippen LogP contribution in [-0.2, 0) is 11.3 Å². The van der Waals surface area contributed by atoms with Crippen molar-refractivity contribution in [3.8, 4) is 11.5 Å². The molecule has 0 bridgehead atoms. The number of carbonyl (C=O) groups is 3. The topological polar surface area (TPSA) is 145 Å². The van der Waals surface area contributed by atoms with Gasteiger partial charge in [0.1, 0.15) is 17.3 Å². The Morgan fingerprint density at radius 1 is 1.20 bits per heavy atom. The molecule has 220 valence electrons. The highest BCUT2D eigenvalue weighted by Crippen LogP contribution is 2.40. The zero-order valence-electron chi connectivity index (χ0n) is 24.4. The number of fused-ring (bicyclic) bond motifs is 1. The fourth-order valence-corrected chi connectivity index (χ4v) is 5.55. The molecule has 1 amide bonds. The number of amidine groups is 1. The Morgan fingerprint density at radius 3 is 2.49 bits per heavy atom. The van der Waals surface area contributed by atoms with Crippen molar-refractivity contribution >= 4 is 29.2 Å². The van der Waals surface area contributed by atoms with Crippen LogP contribution in [0.15, 0.2) is 18.2 Å². The first-order valence-corrected chi connectivity index (χ1v) is 14.0. The van der Waals surface area contributed by atoms with Gasteiger partial charge in [0.25, 0.3) is 5.91 Å². The monoisotopic (exact) mass is 565 g/mol. The van der Waals surface area contributed by atoms with Crippen LogP contribution < -0.4 is 19.7 Å². The van der Waals surface area contributed by atoms with Crippen molar-refractivity contribution in [2.24, 2.45) is 5.92 Å². The van der Waals surface area contributed by atoms with Crippen LogP contribution in [0.5, 0.6) is 11.5 Å². The Bertz CT molecular complexity index is 1350. The van der Waals surface area contributed by atoms with E-state index >= 15 is 0 Å². The van der Waals surface area contributed by atoms with Crippen molar-refractivity contribution in [2.75, 3.05) is 45.3 Å². The largest absolute Gasteiger partial charge is 0.494 e. The van der Waals surface area contributed by atoms with E-state index in [-0.39, 0.29) is 42.1 Å². The summed E-state index contributed by atoms with van der Waals surface area (Å²) in [5.41, 5.74) is 3.46. The van der Waals surface area contributed by atoms with Crippen LogP contribution in [0.3, 0.4) is 0 Å². The Morgan fingerprint density at radius 2 is 1.90 bits per heavy atom. The molecule has 3 N–H and O–H groups in total. The standard InChI is InChI=1S/C30H39N5O6/c1-6-41-24-14-20-15-35(29(31)26(20)33-27(24)30(39)32-4)16-23(36)19-12-21(17(2)3)28(40-5)22(13-19)34-9-7-18(8-10-34)11-25(37)38/h12-14,17-18,31H,6-11,15-16H2,1-5H3,(H,32,39)(H,37,38). The van der Waals surface area contributed by atoms with Crippen molar-refractivity contribution in [1.29, 1.82) is 5.41 Å². The van der Waals surface area contributed by atoms with E-state index in [1.165, 1.54) is 7.05 Å². The maximum Gasteiger partial charge on any atom is 0.303 e. The van der Waals surface area contributed by atoms with Crippen LogP contribution in [0.25, 0.3) is 0 Å². The predicted octanol–water partition coefficient (Wildman–Crippen LogP) is 3.69. The molecule has 0 saturated carbocycles. The normalized spacial score (nSPS) is 15.2. The molecule has 41 heavy (non-hydrogen) atoms. The molecule has 11 heteroatoms. The van der Waals surface area contributed by atoms with E-state index in [4.69, 9.17) is 14.9 Å². The number of Topliss-reactive ketones (excluding diaryl/α,β-unsaturated/α-hetero) is 1. The number of amides is 1. The van der Waals surface area contributed by atoms with Gasteiger partial charge >= 0.3 is 5.97 Å². The number of carboxylic acids is 1. The molecule has 0 unspecified atom stereocenters. The third-order valence-electron chi connectivity index (χ3n) is 7.71. The highest BCUT2D eigenvalue weighted by molar-refractivity contribution is 6.06. The van der Waals surface area contributed by atoms with Gasteiger partial charge in [-0.05, 0) is 55.4 Å². The van der Waals surface area contributed by atoms with E-state index in [9.17, 15) is 19.5 Å². The third kappa shape index (κ3) is 6.28. The van der Waals surface area contributed by atoms with Crippen LogP contribution in [0.2, 0.25) is 0 Å². The minimum absolute atomic E-state index is 0.0293. The molecule has 0 atom stereocenters. The molecule has 1 aromatic heterocycles. The lowest BCUT2D eigenvalue weighted by Crippen LogP contribution is -2.35. The number of carboxylic acid groups (broad SMARTS) is 1. The van der Waals surface area contributed by atoms with Crippen LogP contribution in [0.1, 0.15) is 83.6 Å². The molecule has 2 aromatic rings. The zero-order valence-corrected chi connectivity index (χ0v) is 24.4. The number of piperidine rings is 1. The molecule has 0 radical (unpaired) electrons. The number of aliphatic carboxylic acids is 1. The molecule has 1 saturated heterocycles. The molecule has 1 fully saturated rings. The third-order valence-corrected chi connectivity index (χ3v) is 7.71. The van der Waals surface area contributed by atoms with Gasteiger partial charge in [0.2, 0.25) is 0 Å². The van der Waals surface area contributed by atoms with Gasteiger partial charge in [-0.15, -0.1) is 0 Å². The van der Waals surface area contributed by atoms with Crippen LogP contribution in [0, 0.1) is 11.3 Å². The molecule has 1 aromatic carbocycles. The fraction of sp³-hybridized carbons (Fsp3) is 0.500. The van der Waals surface area contributed by atoms with E-state index in [0.717, 1.165) is 35.4 Å². The SMILES string of the molecule is CCOc1cc2c(nc1C(=O)NC)C(=N)N(CC(=O)c1cc(C(C)C)c(OC)c(N3CCC(CC(=O)O)CC3)c1)C2. The van der Waals surface area contributed by atoms with Crippen molar-refractivity contribution in [2.45, 2.75) is 52.5 Å². The average Bonchev–Trinajstić information content (AvgIpc) is 3.25. The summed E-state index contributed by atoms with van der Waals surface area (Å²) in [6.07, 6.45) is 1.67. The number of benzene rings is 1. The van der Waals surface area contributed by atoms with Gasteiger partial charge < -0.3 is 29.7 Å². The summed E-state index contributed by atoms with van der Waals surface area (Å²) < 4.78 is 11.5. The first-order chi connectivity index (χ1) is 19.6. The number of carbonyl (C=O) groups excluding carboxylic acids is 2. The first kappa shape index (κ1) is 29.8. The number of hydrogen-bond donors (Lipinski definition) is 3. The van der Waals surface area contributed by atoms with Crippen molar-refractivity contribution < 1.29 is 29.0 Å². The van der Waals surface area contributed by atoms with Gasteiger partial charge in [0, 0.05) is 44.2 Å². The van der Waals surface area contributed by atoms with Crippen LogP contribution >= 0.6 is 0 Å². The smallest absolute Gasteiger partial charge is 0.303 e. The van der Waals surface area contributed by atoms with E-state index in [1.54, 1.807) is 18.1 Å². The Hall–Kier alpha value is -4.15. The second kappa shape index (κ2) is 12.6. The lowest BCUT2D eigenvalue weighted by molar-refractivity contribution is -0.138. The molecule has 3 heterocycles. The summed E-state index contributed by atoms with van der Waals surface area (Å²) in [7, 11) is 3.14. The van der Waals surface area contributed by atoms with Gasteiger partial charge in [-0.3, -0.25) is 19.8 Å². The second-order valence-corrected chi connectivity index (χ2v) is 10.8. The molecule has 0 aliphatic carbocycles. The van der Waals surface area contributed by atoms with Crippen LogP contribution in [0.4, 0.5) is 5.69 Å². The minimum Gasteiger partial charge on any atom is -0.494 e. The maximum absolute atomic E-state index is 13.7.